The minimum atomic E-state index is 0. The van der Waals surface area contributed by atoms with Gasteiger partial charge in [-0.2, -0.15) is 0 Å². The molecule has 1 saturated heterocycles. The number of amides is 1. The Balaban J connectivity index is 0.00000180. The predicted molar refractivity (Wildman–Crippen MR) is 77.8 cm³/mol. The molecule has 0 aliphatic carbocycles. The second-order valence-electron chi connectivity index (χ2n) is 4.53. The molecule has 1 aliphatic heterocycles. The Labute approximate surface area is 120 Å². The molecule has 1 heterocycles. The summed E-state index contributed by atoms with van der Waals surface area (Å²) in [6, 6.07) is 7.67. The molecule has 1 amide bonds. The monoisotopic (exact) mass is 284 g/mol. The number of hydrogen-bond donors (Lipinski definition) is 1. The van der Waals surface area contributed by atoms with E-state index in [0.29, 0.717) is 6.61 Å². The lowest BCUT2D eigenvalue weighted by Gasteiger charge is -2.20. The number of nitrogens with one attached hydrogen (secondary N) is 1. The number of carbonyl (C=O) groups is 1. The first-order chi connectivity index (χ1) is 8.81. The van der Waals surface area contributed by atoms with E-state index in [9.17, 15) is 4.79 Å². The van der Waals surface area contributed by atoms with Crippen LogP contribution in [0.4, 0.5) is 0 Å². The molecule has 0 aromatic heterocycles. The summed E-state index contributed by atoms with van der Waals surface area (Å²) in [5, 5.41) is 3.30. The van der Waals surface area contributed by atoms with Crippen LogP contribution in [0.1, 0.15) is 22.3 Å². The van der Waals surface area contributed by atoms with Crippen LogP contribution in [0.2, 0.25) is 0 Å². The number of carbonyl (C=O) groups excluding carboxylic acids is 1. The highest BCUT2D eigenvalue weighted by Crippen LogP contribution is 2.09. The first kappa shape index (κ1) is 16.0. The number of benzene rings is 1. The first-order valence-electron chi connectivity index (χ1n) is 6.39. The van der Waals surface area contributed by atoms with Crippen molar-refractivity contribution in [2.24, 2.45) is 0 Å². The third-order valence-corrected chi connectivity index (χ3v) is 3.14. The zero-order valence-electron chi connectivity index (χ0n) is 11.2. The third-order valence-electron chi connectivity index (χ3n) is 3.14. The predicted octanol–water partition coefficient (Wildman–Crippen LogP) is 1.69. The van der Waals surface area contributed by atoms with Gasteiger partial charge in [0.2, 0.25) is 0 Å². The van der Waals surface area contributed by atoms with Crippen molar-refractivity contribution in [3.63, 3.8) is 0 Å². The highest BCUT2D eigenvalue weighted by molar-refractivity contribution is 5.94. The Hall–Kier alpha value is -1.10. The van der Waals surface area contributed by atoms with E-state index in [-0.39, 0.29) is 18.3 Å². The van der Waals surface area contributed by atoms with Gasteiger partial charge in [0.1, 0.15) is 0 Å². The van der Waals surface area contributed by atoms with Crippen molar-refractivity contribution in [3.8, 4) is 0 Å². The molecular formula is C14H21ClN2O2. The summed E-state index contributed by atoms with van der Waals surface area (Å²) in [6.45, 7) is 4.09. The number of ether oxygens (including phenoxy) is 1. The summed E-state index contributed by atoms with van der Waals surface area (Å²) < 4.78 is 5.06. The van der Waals surface area contributed by atoms with E-state index in [1.807, 2.05) is 29.2 Å². The standard InChI is InChI=1S/C14H20N2O2.ClH/c1-18-11-12-3-5-13(6-4-12)14(17)16-9-2-7-15-8-10-16;/h3-6,15H,2,7-11H2,1H3;1H. The molecular weight excluding hydrogens is 264 g/mol. The van der Waals surface area contributed by atoms with Gasteiger partial charge < -0.3 is 15.0 Å². The van der Waals surface area contributed by atoms with Crippen LogP contribution in [0.5, 0.6) is 0 Å². The van der Waals surface area contributed by atoms with Crippen LogP contribution in [0, 0.1) is 0 Å². The second-order valence-corrected chi connectivity index (χ2v) is 4.53. The van der Waals surface area contributed by atoms with Crippen molar-refractivity contribution in [2.45, 2.75) is 13.0 Å². The number of nitrogens with zero attached hydrogens (tertiary/aromatic N) is 1. The molecule has 1 N–H and O–H groups in total. The molecule has 0 radical (unpaired) electrons. The highest BCUT2D eigenvalue weighted by Gasteiger charge is 2.16. The van der Waals surface area contributed by atoms with Crippen LogP contribution >= 0.6 is 12.4 Å². The lowest BCUT2D eigenvalue weighted by molar-refractivity contribution is 0.0766. The average molecular weight is 285 g/mol. The van der Waals surface area contributed by atoms with Gasteiger partial charge >= 0.3 is 0 Å². The largest absolute Gasteiger partial charge is 0.380 e. The van der Waals surface area contributed by atoms with Crippen LogP contribution in [0.15, 0.2) is 24.3 Å². The molecule has 0 atom stereocenters. The van der Waals surface area contributed by atoms with Gasteiger partial charge in [0.05, 0.1) is 6.61 Å². The summed E-state index contributed by atoms with van der Waals surface area (Å²) in [7, 11) is 1.67. The fraction of sp³-hybridized carbons (Fsp3) is 0.500. The minimum absolute atomic E-state index is 0. The van der Waals surface area contributed by atoms with E-state index in [0.717, 1.165) is 43.7 Å². The van der Waals surface area contributed by atoms with E-state index in [2.05, 4.69) is 5.32 Å². The Kier molecular flexibility index (Phi) is 6.84. The molecule has 106 valence electrons. The van der Waals surface area contributed by atoms with Crippen LogP contribution in [-0.2, 0) is 11.3 Å². The van der Waals surface area contributed by atoms with E-state index in [4.69, 9.17) is 4.74 Å². The molecule has 4 nitrogen and oxygen atoms in total. The lowest BCUT2D eigenvalue weighted by atomic mass is 10.1. The van der Waals surface area contributed by atoms with E-state index < -0.39 is 0 Å². The van der Waals surface area contributed by atoms with Crippen molar-refractivity contribution < 1.29 is 9.53 Å². The van der Waals surface area contributed by atoms with Crippen molar-refractivity contribution in [1.29, 1.82) is 0 Å². The summed E-state index contributed by atoms with van der Waals surface area (Å²) in [5.74, 6) is 0.127. The van der Waals surface area contributed by atoms with Crippen LogP contribution < -0.4 is 5.32 Å². The van der Waals surface area contributed by atoms with Crippen molar-refractivity contribution in [2.75, 3.05) is 33.3 Å². The average Bonchev–Trinajstić information content (AvgIpc) is 2.68. The summed E-state index contributed by atoms with van der Waals surface area (Å²) in [5.41, 5.74) is 1.85. The number of halogens is 1. The van der Waals surface area contributed by atoms with Crippen molar-refractivity contribution in [1.82, 2.24) is 10.2 Å². The summed E-state index contributed by atoms with van der Waals surface area (Å²) in [4.78, 5) is 14.2. The minimum Gasteiger partial charge on any atom is -0.380 e. The zero-order valence-corrected chi connectivity index (χ0v) is 12.0. The van der Waals surface area contributed by atoms with Gasteiger partial charge in [-0.1, -0.05) is 12.1 Å². The van der Waals surface area contributed by atoms with Gasteiger partial charge in [-0.3, -0.25) is 4.79 Å². The number of hydrogen-bond acceptors (Lipinski definition) is 3. The molecule has 5 heteroatoms. The Morgan fingerprint density at radius 2 is 2.00 bits per heavy atom. The van der Waals surface area contributed by atoms with E-state index >= 15 is 0 Å². The van der Waals surface area contributed by atoms with E-state index in [1.54, 1.807) is 7.11 Å². The second kappa shape index (κ2) is 8.15. The van der Waals surface area contributed by atoms with Crippen LogP contribution in [0.3, 0.4) is 0 Å². The van der Waals surface area contributed by atoms with Gasteiger partial charge in [-0.25, -0.2) is 0 Å². The highest BCUT2D eigenvalue weighted by atomic mass is 35.5. The molecule has 0 spiro atoms. The van der Waals surface area contributed by atoms with Crippen molar-refractivity contribution in [3.05, 3.63) is 35.4 Å². The smallest absolute Gasteiger partial charge is 0.253 e. The topological polar surface area (TPSA) is 41.6 Å². The van der Waals surface area contributed by atoms with Crippen molar-refractivity contribution >= 4 is 18.3 Å². The first-order valence-corrected chi connectivity index (χ1v) is 6.39. The molecule has 0 unspecified atom stereocenters. The SMILES string of the molecule is COCc1ccc(C(=O)N2CCCNCC2)cc1.Cl. The Morgan fingerprint density at radius 3 is 2.68 bits per heavy atom. The maximum absolute atomic E-state index is 12.3. The molecule has 19 heavy (non-hydrogen) atoms. The lowest BCUT2D eigenvalue weighted by Crippen LogP contribution is -2.34. The number of rotatable bonds is 3. The molecule has 2 rings (SSSR count). The molecule has 1 aromatic carbocycles. The fourth-order valence-electron chi connectivity index (χ4n) is 2.14. The maximum Gasteiger partial charge on any atom is 0.253 e. The van der Waals surface area contributed by atoms with E-state index in [1.165, 1.54) is 0 Å². The van der Waals surface area contributed by atoms with Gasteiger partial charge in [0, 0.05) is 32.3 Å². The zero-order chi connectivity index (χ0) is 12.8. The van der Waals surface area contributed by atoms with Gasteiger partial charge in [-0.05, 0) is 30.7 Å². The fourth-order valence-corrected chi connectivity index (χ4v) is 2.14. The molecule has 1 aromatic rings. The summed E-state index contributed by atoms with van der Waals surface area (Å²) in [6.07, 6.45) is 1.02. The Morgan fingerprint density at radius 1 is 1.26 bits per heavy atom. The molecule has 1 aliphatic rings. The van der Waals surface area contributed by atoms with Crippen LogP contribution in [-0.4, -0.2) is 44.1 Å². The summed E-state index contributed by atoms with van der Waals surface area (Å²) >= 11 is 0. The quantitative estimate of drug-likeness (QED) is 0.918. The number of methoxy groups -OCH3 is 1. The molecule has 0 bridgehead atoms. The normalized spacial score (nSPS) is 15.5. The Bertz CT molecular complexity index is 387. The van der Waals surface area contributed by atoms with Gasteiger partial charge in [0.25, 0.3) is 5.91 Å². The van der Waals surface area contributed by atoms with Crippen LogP contribution in [0.25, 0.3) is 0 Å². The maximum atomic E-state index is 12.3. The molecule has 1 fully saturated rings. The molecule has 0 saturated carbocycles. The third kappa shape index (κ3) is 4.49. The van der Waals surface area contributed by atoms with Gasteiger partial charge in [0.15, 0.2) is 0 Å². The van der Waals surface area contributed by atoms with Gasteiger partial charge in [-0.15, -0.1) is 12.4 Å².